The van der Waals surface area contributed by atoms with E-state index in [0.29, 0.717) is 12.1 Å². The van der Waals surface area contributed by atoms with Gasteiger partial charge in [-0.25, -0.2) is 4.39 Å². The topological polar surface area (TPSA) is 33.2 Å². The lowest BCUT2D eigenvalue weighted by Crippen LogP contribution is -2.26. The van der Waals surface area contributed by atoms with Crippen LogP contribution in [0.2, 0.25) is 0 Å². The first-order valence-corrected chi connectivity index (χ1v) is 6.44. The maximum atomic E-state index is 13.1. The van der Waals surface area contributed by atoms with E-state index in [4.69, 9.17) is 0 Å². The molecule has 0 radical (unpaired) electrons. The number of hydrogen-bond acceptors (Lipinski definition) is 3. The van der Waals surface area contributed by atoms with Gasteiger partial charge in [0.15, 0.2) is 5.78 Å². The van der Waals surface area contributed by atoms with Crippen LogP contribution in [0.25, 0.3) is 0 Å². The molecular weight excluding hydrogens is 255 g/mol. The summed E-state index contributed by atoms with van der Waals surface area (Å²) >= 11 is 0. The molecule has 0 atom stereocenters. The molecule has 3 nitrogen and oxygen atoms in total. The van der Waals surface area contributed by atoms with Crippen LogP contribution >= 0.6 is 0 Å². The second-order valence-corrected chi connectivity index (χ2v) is 4.88. The van der Waals surface area contributed by atoms with Gasteiger partial charge in [0, 0.05) is 17.8 Å². The van der Waals surface area contributed by atoms with Crippen molar-refractivity contribution in [2.45, 2.75) is 13.5 Å². The SMILES string of the molecule is Cc1cccc(CN(C)CC(=O)c2cccc(F)c2)n1. The second kappa shape index (κ2) is 6.39. The predicted molar refractivity (Wildman–Crippen MR) is 76.0 cm³/mol. The van der Waals surface area contributed by atoms with Crippen molar-refractivity contribution in [3.63, 3.8) is 0 Å². The summed E-state index contributed by atoms with van der Waals surface area (Å²) in [5.74, 6) is -0.487. The third kappa shape index (κ3) is 3.96. The Morgan fingerprint density at radius 3 is 2.70 bits per heavy atom. The molecule has 20 heavy (non-hydrogen) atoms. The van der Waals surface area contributed by atoms with Crippen molar-refractivity contribution in [3.8, 4) is 0 Å². The van der Waals surface area contributed by atoms with E-state index in [1.165, 1.54) is 12.1 Å². The molecule has 0 saturated heterocycles. The van der Waals surface area contributed by atoms with E-state index in [9.17, 15) is 9.18 Å². The largest absolute Gasteiger partial charge is 0.293 e. The minimum Gasteiger partial charge on any atom is -0.293 e. The van der Waals surface area contributed by atoms with Gasteiger partial charge in [0.1, 0.15) is 5.82 Å². The Labute approximate surface area is 118 Å². The molecule has 0 aliphatic heterocycles. The van der Waals surface area contributed by atoms with Gasteiger partial charge in [-0.15, -0.1) is 0 Å². The van der Waals surface area contributed by atoms with Gasteiger partial charge >= 0.3 is 0 Å². The van der Waals surface area contributed by atoms with Crippen molar-refractivity contribution in [2.24, 2.45) is 0 Å². The van der Waals surface area contributed by atoms with Crippen molar-refractivity contribution in [1.82, 2.24) is 9.88 Å². The summed E-state index contributed by atoms with van der Waals surface area (Å²) in [6, 6.07) is 11.6. The van der Waals surface area contributed by atoms with Gasteiger partial charge in [-0.1, -0.05) is 18.2 Å². The minimum atomic E-state index is -0.390. The molecule has 2 rings (SSSR count). The van der Waals surface area contributed by atoms with Gasteiger partial charge in [-0.3, -0.25) is 14.7 Å². The van der Waals surface area contributed by atoms with Gasteiger partial charge in [0.25, 0.3) is 0 Å². The van der Waals surface area contributed by atoms with Gasteiger partial charge in [-0.2, -0.15) is 0 Å². The first kappa shape index (κ1) is 14.3. The first-order chi connectivity index (χ1) is 9.54. The normalized spacial score (nSPS) is 10.8. The van der Waals surface area contributed by atoms with Crippen LogP contribution in [0.5, 0.6) is 0 Å². The Morgan fingerprint density at radius 1 is 1.25 bits per heavy atom. The predicted octanol–water partition coefficient (Wildman–Crippen LogP) is 2.84. The summed E-state index contributed by atoms with van der Waals surface area (Å²) in [6.07, 6.45) is 0. The number of pyridine rings is 1. The Hall–Kier alpha value is -2.07. The summed E-state index contributed by atoms with van der Waals surface area (Å²) < 4.78 is 13.1. The number of carbonyl (C=O) groups excluding carboxylic acids is 1. The van der Waals surface area contributed by atoms with Gasteiger partial charge in [0.2, 0.25) is 0 Å². The Kier molecular flexibility index (Phi) is 4.58. The molecule has 0 N–H and O–H groups in total. The maximum absolute atomic E-state index is 13.1. The molecule has 0 unspecified atom stereocenters. The van der Waals surface area contributed by atoms with E-state index >= 15 is 0 Å². The number of ketones is 1. The highest BCUT2D eigenvalue weighted by atomic mass is 19.1. The third-order valence-electron chi connectivity index (χ3n) is 2.94. The zero-order valence-corrected chi connectivity index (χ0v) is 11.6. The van der Waals surface area contributed by atoms with Crippen molar-refractivity contribution < 1.29 is 9.18 Å². The van der Waals surface area contributed by atoms with Crippen LogP contribution in [0, 0.1) is 12.7 Å². The van der Waals surface area contributed by atoms with E-state index in [1.54, 1.807) is 12.1 Å². The number of likely N-dealkylation sites (N-methyl/N-ethyl adjacent to an activating group) is 1. The van der Waals surface area contributed by atoms with E-state index in [-0.39, 0.29) is 18.1 Å². The highest BCUT2D eigenvalue weighted by Gasteiger charge is 2.10. The van der Waals surface area contributed by atoms with Crippen LogP contribution in [0.3, 0.4) is 0 Å². The van der Waals surface area contributed by atoms with Crippen LogP contribution in [-0.4, -0.2) is 29.3 Å². The van der Waals surface area contributed by atoms with E-state index in [0.717, 1.165) is 11.4 Å². The maximum Gasteiger partial charge on any atom is 0.176 e. The average Bonchev–Trinajstić information content (AvgIpc) is 2.38. The average molecular weight is 272 g/mol. The highest BCUT2D eigenvalue weighted by Crippen LogP contribution is 2.07. The molecule has 1 heterocycles. The molecule has 0 saturated carbocycles. The summed E-state index contributed by atoms with van der Waals surface area (Å²) in [6.45, 7) is 2.75. The molecule has 0 bridgehead atoms. The number of carbonyl (C=O) groups is 1. The number of rotatable bonds is 5. The molecule has 1 aromatic heterocycles. The number of aryl methyl sites for hydroxylation is 1. The number of aromatic nitrogens is 1. The van der Waals surface area contributed by atoms with Crippen molar-refractivity contribution in [2.75, 3.05) is 13.6 Å². The molecule has 0 fully saturated rings. The number of nitrogens with zero attached hydrogens (tertiary/aromatic N) is 2. The van der Waals surface area contributed by atoms with E-state index in [1.807, 2.05) is 37.1 Å². The Balaban J connectivity index is 1.97. The molecule has 4 heteroatoms. The summed E-state index contributed by atoms with van der Waals surface area (Å²) in [4.78, 5) is 18.3. The van der Waals surface area contributed by atoms with Gasteiger partial charge in [-0.05, 0) is 38.2 Å². The number of benzene rings is 1. The number of Topliss-reactive ketones (excluding diaryl/α,β-unsaturated/α-hetero) is 1. The van der Waals surface area contributed by atoms with Crippen molar-refractivity contribution in [3.05, 3.63) is 65.2 Å². The molecule has 2 aromatic rings. The fourth-order valence-electron chi connectivity index (χ4n) is 2.02. The zero-order valence-electron chi connectivity index (χ0n) is 11.6. The fraction of sp³-hybridized carbons (Fsp3) is 0.250. The lowest BCUT2D eigenvalue weighted by molar-refractivity contribution is 0.0942. The smallest absolute Gasteiger partial charge is 0.176 e. The van der Waals surface area contributed by atoms with Crippen molar-refractivity contribution >= 4 is 5.78 Å². The lowest BCUT2D eigenvalue weighted by atomic mass is 10.1. The molecular formula is C16H17FN2O. The number of halogens is 1. The Morgan fingerprint density at radius 2 is 2.00 bits per heavy atom. The quantitative estimate of drug-likeness (QED) is 0.785. The molecule has 1 aromatic carbocycles. The van der Waals surface area contributed by atoms with Crippen LogP contribution in [0.4, 0.5) is 4.39 Å². The number of hydrogen-bond donors (Lipinski definition) is 0. The summed E-state index contributed by atoms with van der Waals surface area (Å²) in [5.41, 5.74) is 2.26. The Bertz CT molecular complexity index is 613. The van der Waals surface area contributed by atoms with E-state index < -0.39 is 0 Å². The summed E-state index contributed by atoms with van der Waals surface area (Å²) in [7, 11) is 1.85. The van der Waals surface area contributed by atoms with Crippen LogP contribution in [0.1, 0.15) is 21.7 Å². The molecule has 0 spiro atoms. The monoisotopic (exact) mass is 272 g/mol. The summed E-state index contributed by atoms with van der Waals surface area (Å²) in [5, 5.41) is 0. The lowest BCUT2D eigenvalue weighted by Gasteiger charge is -2.15. The van der Waals surface area contributed by atoms with Crippen LogP contribution in [0.15, 0.2) is 42.5 Å². The zero-order chi connectivity index (χ0) is 14.5. The third-order valence-corrected chi connectivity index (χ3v) is 2.94. The minimum absolute atomic E-state index is 0.0975. The first-order valence-electron chi connectivity index (χ1n) is 6.44. The second-order valence-electron chi connectivity index (χ2n) is 4.88. The molecule has 0 aliphatic carbocycles. The van der Waals surface area contributed by atoms with Crippen molar-refractivity contribution in [1.29, 1.82) is 0 Å². The molecule has 0 amide bonds. The molecule has 0 aliphatic rings. The van der Waals surface area contributed by atoms with Gasteiger partial charge in [0.05, 0.1) is 12.2 Å². The fourth-order valence-corrected chi connectivity index (χ4v) is 2.02. The van der Waals surface area contributed by atoms with Crippen LogP contribution in [-0.2, 0) is 6.54 Å². The molecule has 104 valence electrons. The standard InChI is InChI=1S/C16H17FN2O/c1-12-5-3-8-15(18-12)10-19(2)11-16(20)13-6-4-7-14(17)9-13/h3-9H,10-11H2,1-2H3. The van der Waals surface area contributed by atoms with E-state index in [2.05, 4.69) is 4.98 Å². The van der Waals surface area contributed by atoms with Gasteiger partial charge < -0.3 is 0 Å². The van der Waals surface area contributed by atoms with Crippen LogP contribution < -0.4 is 0 Å². The highest BCUT2D eigenvalue weighted by molar-refractivity contribution is 5.97.